The molecule has 21 heavy (non-hydrogen) atoms. The lowest BCUT2D eigenvalue weighted by atomic mass is 9.90. The molecule has 0 bridgehead atoms. The highest BCUT2D eigenvalue weighted by Gasteiger charge is 2.22. The van der Waals surface area contributed by atoms with Gasteiger partial charge in [-0.15, -0.1) is 0 Å². The molecule has 1 fully saturated rings. The first-order valence-corrected chi connectivity index (χ1v) is 8.22. The number of nitrogens with one attached hydrogen (secondary N) is 2. The average Bonchev–Trinajstić information content (AvgIpc) is 2.49. The van der Waals surface area contributed by atoms with Gasteiger partial charge in [0, 0.05) is 17.6 Å². The quantitative estimate of drug-likeness (QED) is 0.872. The predicted octanol–water partition coefficient (Wildman–Crippen LogP) is 3.34. The van der Waals surface area contributed by atoms with Crippen LogP contribution in [0.5, 0.6) is 0 Å². The largest absolute Gasteiger partial charge is 0.349 e. The summed E-state index contributed by atoms with van der Waals surface area (Å²) in [7, 11) is 0. The number of rotatable bonds is 5. The zero-order valence-electron chi connectivity index (χ0n) is 13.5. The van der Waals surface area contributed by atoms with Gasteiger partial charge in [-0.05, 0) is 69.7 Å². The summed E-state index contributed by atoms with van der Waals surface area (Å²) in [6, 6.07) is 6.90. The molecule has 1 aliphatic carbocycles. The van der Waals surface area contributed by atoms with Gasteiger partial charge < -0.3 is 10.6 Å². The van der Waals surface area contributed by atoms with E-state index in [1.54, 1.807) is 0 Å². The Hall–Kier alpha value is -1.35. The van der Waals surface area contributed by atoms with Gasteiger partial charge in [0.1, 0.15) is 0 Å². The molecule has 2 N–H and O–H groups in total. The van der Waals surface area contributed by atoms with Crippen LogP contribution in [0.25, 0.3) is 0 Å². The Labute approximate surface area is 128 Å². The van der Waals surface area contributed by atoms with Crippen LogP contribution in [0.15, 0.2) is 18.2 Å². The Kier molecular flexibility index (Phi) is 5.80. The Morgan fingerprint density at radius 1 is 1.14 bits per heavy atom. The zero-order valence-corrected chi connectivity index (χ0v) is 13.5. The molecule has 1 aromatic carbocycles. The van der Waals surface area contributed by atoms with E-state index < -0.39 is 0 Å². The lowest BCUT2D eigenvalue weighted by Gasteiger charge is -2.30. The Balaban J connectivity index is 1.86. The average molecular weight is 288 g/mol. The molecule has 0 saturated heterocycles. The maximum atomic E-state index is 12.4. The van der Waals surface area contributed by atoms with Crippen molar-refractivity contribution >= 4 is 5.91 Å². The third-order valence-corrected chi connectivity index (χ3v) is 4.59. The number of hydrogen-bond acceptors (Lipinski definition) is 2. The van der Waals surface area contributed by atoms with E-state index in [4.69, 9.17) is 0 Å². The second-order valence-electron chi connectivity index (χ2n) is 6.22. The molecular weight excluding hydrogens is 260 g/mol. The third kappa shape index (κ3) is 4.31. The molecule has 0 unspecified atom stereocenters. The zero-order chi connectivity index (χ0) is 15.2. The SMILES string of the molecule is CCCNC1CCC(NC(=O)c2cccc(C)c2C)CC1. The highest BCUT2D eigenvalue weighted by molar-refractivity contribution is 5.96. The number of carbonyl (C=O) groups is 1. The lowest BCUT2D eigenvalue weighted by molar-refractivity contribution is 0.0923. The lowest BCUT2D eigenvalue weighted by Crippen LogP contribution is -2.42. The summed E-state index contributed by atoms with van der Waals surface area (Å²) >= 11 is 0. The molecule has 0 heterocycles. The number of hydrogen-bond donors (Lipinski definition) is 2. The van der Waals surface area contributed by atoms with Gasteiger partial charge in [-0.1, -0.05) is 19.1 Å². The molecule has 0 radical (unpaired) electrons. The van der Waals surface area contributed by atoms with Gasteiger partial charge in [-0.25, -0.2) is 0 Å². The van der Waals surface area contributed by atoms with Gasteiger partial charge in [-0.2, -0.15) is 0 Å². The van der Waals surface area contributed by atoms with Crippen LogP contribution in [-0.4, -0.2) is 24.5 Å². The summed E-state index contributed by atoms with van der Waals surface area (Å²) in [5.41, 5.74) is 3.09. The van der Waals surface area contributed by atoms with Crippen molar-refractivity contribution in [3.63, 3.8) is 0 Å². The summed E-state index contributed by atoms with van der Waals surface area (Å²) in [5.74, 6) is 0.0844. The minimum absolute atomic E-state index is 0.0844. The monoisotopic (exact) mass is 288 g/mol. The fourth-order valence-electron chi connectivity index (χ4n) is 3.05. The van der Waals surface area contributed by atoms with E-state index in [-0.39, 0.29) is 5.91 Å². The van der Waals surface area contributed by atoms with Crippen molar-refractivity contribution in [2.75, 3.05) is 6.54 Å². The van der Waals surface area contributed by atoms with Gasteiger partial charge in [-0.3, -0.25) is 4.79 Å². The molecule has 0 aromatic heterocycles. The van der Waals surface area contributed by atoms with Crippen LogP contribution >= 0.6 is 0 Å². The number of carbonyl (C=O) groups excluding carboxylic acids is 1. The highest BCUT2D eigenvalue weighted by Crippen LogP contribution is 2.20. The standard InChI is InChI=1S/C18H28N2O/c1-4-12-19-15-8-10-16(11-9-15)20-18(21)17-7-5-6-13(2)14(17)3/h5-7,15-16,19H,4,8-12H2,1-3H3,(H,20,21). The van der Waals surface area contributed by atoms with Crippen LogP contribution in [0, 0.1) is 13.8 Å². The molecule has 1 amide bonds. The van der Waals surface area contributed by atoms with Crippen molar-refractivity contribution in [2.24, 2.45) is 0 Å². The first-order chi connectivity index (χ1) is 10.1. The summed E-state index contributed by atoms with van der Waals surface area (Å²) < 4.78 is 0. The van der Waals surface area contributed by atoms with Gasteiger partial charge in [0.05, 0.1) is 0 Å². The van der Waals surface area contributed by atoms with Crippen LogP contribution in [0.3, 0.4) is 0 Å². The molecule has 0 atom stereocenters. The summed E-state index contributed by atoms with van der Waals surface area (Å²) in [6.45, 7) is 7.37. The molecule has 2 rings (SSSR count). The van der Waals surface area contributed by atoms with E-state index in [0.717, 1.165) is 43.4 Å². The normalized spacial score (nSPS) is 22.0. The molecule has 3 nitrogen and oxygen atoms in total. The second kappa shape index (κ2) is 7.60. The predicted molar refractivity (Wildman–Crippen MR) is 87.7 cm³/mol. The van der Waals surface area contributed by atoms with Crippen molar-refractivity contribution < 1.29 is 4.79 Å². The topological polar surface area (TPSA) is 41.1 Å². The van der Waals surface area contributed by atoms with Crippen LogP contribution in [0.2, 0.25) is 0 Å². The van der Waals surface area contributed by atoms with E-state index in [0.29, 0.717) is 12.1 Å². The molecule has 1 saturated carbocycles. The molecule has 0 spiro atoms. The van der Waals surface area contributed by atoms with Crippen LogP contribution < -0.4 is 10.6 Å². The highest BCUT2D eigenvalue weighted by atomic mass is 16.1. The maximum Gasteiger partial charge on any atom is 0.251 e. The van der Waals surface area contributed by atoms with Crippen LogP contribution in [0.4, 0.5) is 0 Å². The maximum absolute atomic E-state index is 12.4. The molecule has 116 valence electrons. The fourth-order valence-corrected chi connectivity index (χ4v) is 3.05. The van der Waals surface area contributed by atoms with Gasteiger partial charge in [0.15, 0.2) is 0 Å². The Morgan fingerprint density at radius 2 is 1.81 bits per heavy atom. The smallest absolute Gasteiger partial charge is 0.251 e. The number of benzene rings is 1. The van der Waals surface area contributed by atoms with Crippen molar-refractivity contribution in [3.05, 3.63) is 34.9 Å². The van der Waals surface area contributed by atoms with Crippen molar-refractivity contribution in [1.82, 2.24) is 10.6 Å². The molecule has 1 aromatic rings. The second-order valence-corrected chi connectivity index (χ2v) is 6.22. The van der Waals surface area contributed by atoms with Gasteiger partial charge in [0.25, 0.3) is 5.91 Å². The summed E-state index contributed by atoms with van der Waals surface area (Å²) in [5, 5.41) is 6.79. The molecular formula is C18H28N2O. The van der Waals surface area contributed by atoms with Crippen molar-refractivity contribution in [2.45, 2.75) is 65.0 Å². The molecule has 3 heteroatoms. The molecule has 0 aliphatic heterocycles. The van der Waals surface area contributed by atoms with E-state index in [2.05, 4.69) is 30.5 Å². The van der Waals surface area contributed by atoms with E-state index in [1.165, 1.54) is 12.0 Å². The first-order valence-electron chi connectivity index (χ1n) is 8.22. The summed E-state index contributed by atoms with van der Waals surface area (Å²) in [4.78, 5) is 12.4. The van der Waals surface area contributed by atoms with Gasteiger partial charge in [0.2, 0.25) is 0 Å². The Morgan fingerprint density at radius 3 is 2.48 bits per heavy atom. The third-order valence-electron chi connectivity index (χ3n) is 4.59. The van der Waals surface area contributed by atoms with Crippen LogP contribution in [-0.2, 0) is 0 Å². The first kappa shape index (κ1) is 16.0. The van der Waals surface area contributed by atoms with E-state index in [9.17, 15) is 4.79 Å². The minimum Gasteiger partial charge on any atom is -0.349 e. The number of amides is 1. The van der Waals surface area contributed by atoms with E-state index in [1.807, 2.05) is 19.1 Å². The fraction of sp³-hybridized carbons (Fsp3) is 0.611. The van der Waals surface area contributed by atoms with E-state index >= 15 is 0 Å². The summed E-state index contributed by atoms with van der Waals surface area (Å²) in [6.07, 6.45) is 5.68. The Bertz CT molecular complexity index is 476. The van der Waals surface area contributed by atoms with Crippen molar-refractivity contribution in [3.8, 4) is 0 Å². The van der Waals surface area contributed by atoms with Crippen LogP contribution in [0.1, 0.15) is 60.5 Å². The minimum atomic E-state index is 0.0844. The number of aryl methyl sites for hydroxylation is 1. The van der Waals surface area contributed by atoms with Gasteiger partial charge >= 0.3 is 0 Å². The van der Waals surface area contributed by atoms with Crippen molar-refractivity contribution in [1.29, 1.82) is 0 Å². The molecule has 1 aliphatic rings.